The number of hydrogen-bond donors (Lipinski definition) is 0. The zero-order valence-electron chi connectivity index (χ0n) is 17.1. The Morgan fingerprint density at radius 1 is 0.600 bits per heavy atom. The third-order valence-electron chi connectivity index (χ3n) is 5.19. The molecule has 0 spiro atoms. The van der Waals surface area contributed by atoms with Crippen molar-refractivity contribution >= 4 is 14.7 Å². The first kappa shape index (κ1) is 22.8. The molecule has 0 aromatic heterocycles. The summed E-state index contributed by atoms with van der Waals surface area (Å²) in [7, 11) is 0. The summed E-state index contributed by atoms with van der Waals surface area (Å²) in [6.07, 6.45) is 20.5. The fourth-order valence-corrected chi connectivity index (χ4v) is 7.23. The van der Waals surface area contributed by atoms with E-state index in [1.165, 1.54) is 95.1 Å². The van der Waals surface area contributed by atoms with Crippen molar-refractivity contribution in [2.75, 3.05) is 0 Å². The van der Waals surface area contributed by atoms with Gasteiger partial charge in [0.2, 0.25) is 0 Å². The van der Waals surface area contributed by atoms with E-state index in [1.54, 1.807) is 10.8 Å². The van der Waals surface area contributed by atoms with Crippen LogP contribution in [0.1, 0.15) is 102 Å². The molecule has 0 heterocycles. The average molecular weight is 407 g/mol. The van der Waals surface area contributed by atoms with E-state index in [1.807, 2.05) is 0 Å². The molecular formula is C24H43As. The van der Waals surface area contributed by atoms with Gasteiger partial charge in [-0.05, 0) is 0 Å². The molecule has 0 nitrogen and oxygen atoms in total. The fourth-order valence-electron chi connectivity index (χ4n) is 3.55. The normalized spacial score (nSPS) is 12.4. The predicted molar refractivity (Wildman–Crippen MR) is 117 cm³/mol. The van der Waals surface area contributed by atoms with Crippen LogP contribution < -0.4 is 0 Å². The third-order valence-corrected chi connectivity index (χ3v) is 9.35. The first-order valence-corrected chi connectivity index (χ1v) is 15.6. The van der Waals surface area contributed by atoms with Crippen LogP contribution in [-0.4, -0.2) is 14.7 Å². The summed E-state index contributed by atoms with van der Waals surface area (Å²) in [5.41, 5.74) is 4.12. The molecule has 0 radical (unpaired) electrons. The average Bonchev–Trinajstić information content (AvgIpc) is 2.63. The molecular weight excluding hydrogens is 363 g/mol. The van der Waals surface area contributed by atoms with Gasteiger partial charge in [0, 0.05) is 0 Å². The van der Waals surface area contributed by atoms with E-state index < -0.39 is 14.7 Å². The van der Waals surface area contributed by atoms with Gasteiger partial charge in [-0.15, -0.1) is 0 Å². The Hall–Kier alpha value is -0.222. The van der Waals surface area contributed by atoms with Crippen molar-refractivity contribution < 1.29 is 0 Å². The maximum atomic E-state index is 2.56. The van der Waals surface area contributed by atoms with Crippen LogP contribution in [0.15, 0.2) is 30.3 Å². The molecule has 0 saturated carbocycles. The summed E-state index contributed by atoms with van der Waals surface area (Å²) in [5, 5.41) is 2.94. The van der Waals surface area contributed by atoms with Crippen molar-refractivity contribution in [2.45, 2.75) is 113 Å². The zero-order chi connectivity index (χ0) is 18.0. The van der Waals surface area contributed by atoms with Gasteiger partial charge >= 0.3 is 137 Å². The van der Waals surface area contributed by atoms with Crippen LogP contribution in [0.4, 0.5) is 0 Å². The zero-order valence-corrected chi connectivity index (χ0v) is 19.0. The number of benzene rings is 1. The maximum absolute atomic E-state index is 2.56. The number of unbranched alkanes of at least 4 members (excludes halogenated alkanes) is 13. The molecule has 1 atom stereocenters. The Balaban J connectivity index is 1.78. The Kier molecular flexibility index (Phi) is 15.7. The van der Waals surface area contributed by atoms with Crippen LogP contribution in [0, 0.1) is 0 Å². The second-order valence-corrected chi connectivity index (χ2v) is 13.0. The van der Waals surface area contributed by atoms with Gasteiger partial charge in [0.1, 0.15) is 0 Å². The SMILES string of the molecule is CCCCCCCCCCCCCCCC[As](C)Cc1ccccc1. The van der Waals surface area contributed by atoms with Crippen molar-refractivity contribution in [3.05, 3.63) is 35.9 Å². The molecule has 0 aliphatic carbocycles. The van der Waals surface area contributed by atoms with Gasteiger partial charge in [-0.1, -0.05) is 26.2 Å². The van der Waals surface area contributed by atoms with E-state index in [0.29, 0.717) is 0 Å². The van der Waals surface area contributed by atoms with Crippen molar-refractivity contribution in [3.8, 4) is 0 Å². The number of rotatable bonds is 17. The molecule has 0 fully saturated rings. The van der Waals surface area contributed by atoms with Crippen LogP contribution in [0.25, 0.3) is 0 Å². The number of hydrogen-bond acceptors (Lipinski definition) is 0. The molecule has 1 aromatic carbocycles. The van der Waals surface area contributed by atoms with E-state index >= 15 is 0 Å². The third kappa shape index (κ3) is 14.6. The molecule has 144 valence electrons. The minimum absolute atomic E-state index is 0.585. The Bertz CT molecular complexity index is 373. The molecule has 25 heavy (non-hydrogen) atoms. The van der Waals surface area contributed by atoms with Gasteiger partial charge in [0.15, 0.2) is 0 Å². The van der Waals surface area contributed by atoms with Gasteiger partial charge in [0.25, 0.3) is 0 Å². The van der Waals surface area contributed by atoms with E-state index in [-0.39, 0.29) is 0 Å². The second-order valence-electron chi connectivity index (χ2n) is 7.82. The molecule has 0 N–H and O–H groups in total. The summed E-state index contributed by atoms with van der Waals surface area (Å²) in [4.78, 5) is 0. The van der Waals surface area contributed by atoms with Crippen molar-refractivity contribution in [2.24, 2.45) is 0 Å². The molecule has 0 saturated heterocycles. The van der Waals surface area contributed by atoms with Crippen LogP contribution in [0.3, 0.4) is 0 Å². The minimum atomic E-state index is -0.585. The summed E-state index contributed by atoms with van der Waals surface area (Å²) in [6.45, 7) is 2.30. The van der Waals surface area contributed by atoms with E-state index in [9.17, 15) is 0 Å². The molecule has 1 heteroatoms. The molecule has 0 amide bonds. The molecule has 1 rings (SSSR count). The first-order valence-electron chi connectivity index (χ1n) is 11.1. The molecule has 1 aromatic rings. The monoisotopic (exact) mass is 406 g/mol. The van der Waals surface area contributed by atoms with E-state index in [0.717, 1.165) is 0 Å². The van der Waals surface area contributed by atoms with Gasteiger partial charge in [0.05, 0.1) is 0 Å². The summed E-state index contributed by atoms with van der Waals surface area (Å²) in [6, 6.07) is 11.1. The second kappa shape index (κ2) is 17.2. The van der Waals surface area contributed by atoms with Crippen molar-refractivity contribution in [1.29, 1.82) is 0 Å². The summed E-state index contributed by atoms with van der Waals surface area (Å²) in [5.74, 6) is 0. The standard InChI is InChI=1S/C24H43As/c1-3-4-5-6-7-8-9-10-11-12-13-14-15-19-22-25(2)23-24-20-17-16-18-21-24/h16-18,20-21H,3-15,19,22-23H2,1-2H3. The summed E-state index contributed by atoms with van der Waals surface area (Å²) >= 11 is -0.585. The molecule has 0 bridgehead atoms. The topological polar surface area (TPSA) is 0 Å². The van der Waals surface area contributed by atoms with Crippen molar-refractivity contribution in [1.82, 2.24) is 0 Å². The van der Waals surface area contributed by atoms with Gasteiger partial charge in [-0.3, -0.25) is 0 Å². The van der Waals surface area contributed by atoms with Gasteiger partial charge < -0.3 is 0 Å². The van der Waals surface area contributed by atoms with Gasteiger partial charge in [-0.25, -0.2) is 0 Å². The Morgan fingerprint density at radius 2 is 1.04 bits per heavy atom. The van der Waals surface area contributed by atoms with Crippen LogP contribution in [0.2, 0.25) is 10.9 Å². The predicted octanol–water partition coefficient (Wildman–Crippen LogP) is 8.37. The van der Waals surface area contributed by atoms with E-state index in [4.69, 9.17) is 0 Å². The van der Waals surface area contributed by atoms with Crippen LogP contribution in [-0.2, 0) is 5.21 Å². The van der Waals surface area contributed by atoms with Crippen LogP contribution in [0.5, 0.6) is 0 Å². The van der Waals surface area contributed by atoms with Crippen LogP contribution >= 0.6 is 0 Å². The van der Waals surface area contributed by atoms with Gasteiger partial charge in [-0.2, -0.15) is 0 Å². The molecule has 0 aliphatic rings. The van der Waals surface area contributed by atoms with E-state index in [2.05, 4.69) is 43.0 Å². The quantitative estimate of drug-likeness (QED) is 0.180. The molecule has 0 aliphatic heterocycles. The molecule has 1 unspecified atom stereocenters. The Labute approximate surface area is 163 Å². The summed E-state index contributed by atoms with van der Waals surface area (Å²) < 4.78 is 0. The fraction of sp³-hybridized carbons (Fsp3) is 0.750. The first-order chi connectivity index (χ1) is 12.3. The van der Waals surface area contributed by atoms with Crippen molar-refractivity contribution in [3.63, 3.8) is 0 Å². The Morgan fingerprint density at radius 3 is 1.52 bits per heavy atom.